The van der Waals surface area contributed by atoms with Crippen molar-refractivity contribution in [1.29, 1.82) is 0 Å². The molecule has 0 bridgehead atoms. The Labute approximate surface area is 100 Å². The standard InChI is InChI=1S/C12H19N3O2/c1-12(2,4-5-13)8-15-11(17)9-3-6-14-10(16)7-9/h3,6-7H,4-5,8,13H2,1-2H3,(H,14,16)(H,15,17). The number of aromatic nitrogens is 1. The van der Waals surface area contributed by atoms with Crippen LogP contribution in [0.5, 0.6) is 0 Å². The maximum absolute atomic E-state index is 11.8. The highest BCUT2D eigenvalue weighted by atomic mass is 16.2. The van der Waals surface area contributed by atoms with Crippen molar-refractivity contribution >= 4 is 5.91 Å². The molecule has 5 nitrogen and oxygen atoms in total. The number of aromatic amines is 1. The van der Waals surface area contributed by atoms with Crippen LogP contribution in [0, 0.1) is 5.41 Å². The number of H-pyrrole nitrogens is 1. The molecule has 0 aliphatic carbocycles. The van der Waals surface area contributed by atoms with Crippen LogP contribution in [0.15, 0.2) is 23.1 Å². The molecule has 0 atom stereocenters. The van der Waals surface area contributed by atoms with E-state index in [1.807, 2.05) is 13.8 Å². The molecule has 1 amide bonds. The van der Waals surface area contributed by atoms with Crippen molar-refractivity contribution in [3.8, 4) is 0 Å². The Balaban J connectivity index is 2.59. The van der Waals surface area contributed by atoms with E-state index in [0.717, 1.165) is 6.42 Å². The first-order chi connectivity index (χ1) is 7.94. The third-order valence-electron chi connectivity index (χ3n) is 2.59. The van der Waals surface area contributed by atoms with Gasteiger partial charge in [0.25, 0.3) is 5.91 Å². The Morgan fingerprint density at radius 3 is 2.82 bits per heavy atom. The highest BCUT2D eigenvalue weighted by Crippen LogP contribution is 2.17. The molecule has 0 aliphatic rings. The monoisotopic (exact) mass is 237 g/mol. The Hall–Kier alpha value is -1.62. The van der Waals surface area contributed by atoms with Gasteiger partial charge < -0.3 is 16.0 Å². The molecule has 0 fully saturated rings. The molecule has 1 heterocycles. The van der Waals surface area contributed by atoms with Gasteiger partial charge in [0.05, 0.1) is 0 Å². The molecule has 0 spiro atoms. The predicted molar refractivity (Wildman–Crippen MR) is 66.8 cm³/mol. The van der Waals surface area contributed by atoms with Crippen LogP contribution in [-0.2, 0) is 0 Å². The minimum absolute atomic E-state index is 0.0361. The Morgan fingerprint density at radius 1 is 1.53 bits per heavy atom. The van der Waals surface area contributed by atoms with Crippen LogP contribution in [-0.4, -0.2) is 24.0 Å². The molecule has 5 heteroatoms. The van der Waals surface area contributed by atoms with Gasteiger partial charge in [-0.05, 0) is 24.4 Å². The van der Waals surface area contributed by atoms with E-state index in [1.165, 1.54) is 12.3 Å². The molecule has 0 aliphatic heterocycles. The van der Waals surface area contributed by atoms with Gasteiger partial charge in [0, 0.05) is 24.4 Å². The number of hydrogen-bond acceptors (Lipinski definition) is 3. The Morgan fingerprint density at radius 2 is 2.24 bits per heavy atom. The topological polar surface area (TPSA) is 88.0 Å². The smallest absolute Gasteiger partial charge is 0.251 e. The molecule has 0 saturated heterocycles. The van der Waals surface area contributed by atoms with Crippen molar-refractivity contribution < 1.29 is 4.79 Å². The fourth-order valence-electron chi connectivity index (χ4n) is 1.49. The summed E-state index contributed by atoms with van der Waals surface area (Å²) in [6, 6.07) is 2.86. The van der Waals surface area contributed by atoms with Gasteiger partial charge in [-0.15, -0.1) is 0 Å². The van der Waals surface area contributed by atoms with Crippen LogP contribution in [0.1, 0.15) is 30.6 Å². The summed E-state index contributed by atoms with van der Waals surface area (Å²) in [5.74, 6) is -0.235. The molecule has 94 valence electrons. The molecule has 0 aromatic carbocycles. The summed E-state index contributed by atoms with van der Waals surface area (Å²) in [5.41, 5.74) is 5.55. The predicted octanol–water partition coefficient (Wildman–Crippen LogP) is 0.480. The minimum Gasteiger partial charge on any atom is -0.351 e. The highest BCUT2D eigenvalue weighted by Gasteiger charge is 2.18. The van der Waals surface area contributed by atoms with E-state index < -0.39 is 0 Å². The number of rotatable bonds is 5. The fraction of sp³-hybridized carbons (Fsp3) is 0.500. The lowest BCUT2D eigenvalue weighted by atomic mass is 9.89. The van der Waals surface area contributed by atoms with E-state index in [9.17, 15) is 9.59 Å². The van der Waals surface area contributed by atoms with E-state index in [1.54, 1.807) is 6.07 Å². The second-order valence-electron chi connectivity index (χ2n) is 4.83. The van der Waals surface area contributed by atoms with Gasteiger partial charge in [-0.2, -0.15) is 0 Å². The summed E-state index contributed by atoms with van der Waals surface area (Å²) >= 11 is 0. The van der Waals surface area contributed by atoms with Crippen molar-refractivity contribution in [3.63, 3.8) is 0 Å². The number of nitrogens with two attached hydrogens (primary N) is 1. The van der Waals surface area contributed by atoms with Crippen LogP contribution >= 0.6 is 0 Å². The van der Waals surface area contributed by atoms with E-state index in [0.29, 0.717) is 18.7 Å². The highest BCUT2D eigenvalue weighted by molar-refractivity contribution is 5.93. The number of pyridine rings is 1. The zero-order valence-electron chi connectivity index (χ0n) is 10.2. The van der Waals surface area contributed by atoms with Crippen molar-refractivity contribution in [3.05, 3.63) is 34.2 Å². The van der Waals surface area contributed by atoms with Crippen LogP contribution in [0.2, 0.25) is 0 Å². The fourth-order valence-corrected chi connectivity index (χ4v) is 1.49. The van der Waals surface area contributed by atoms with Gasteiger partial charge >= 0.3 is 0 Å². The number of hydrogen-bond donors (Lipinski definition) is 3. The van der Waals surface area contributed by atoms with Crippen LogP contribution < -0.4 is 16.6 Å². The maximum Gasteiger partial charge on any atom is 0.251 e. The van der Waals surface area contributed by atoms with Crippen LogP contribution in [0.25, 0.3) is 0 Å². The molecule has 1 aromatic rings. The zero-order chi connectivity index (χ0) is 12.9. The third kappa shape index (κ3) is 4.40. The van der Waals surface area contributed by atoms with Crippen molar-refractivity contribution in [2.75, 3.05) is 13.1 Å². The molecule has 0 saturated carbocycles. The molecular weight excluding hydrogens is 218 g/mol. The average molecular weight is 237 g/mol. The van der Waals surface area contributed by atoms with Crippen LogP contribution in [0.4, 0.5) is 0 Å². The summed E-state index contributed by atoms with van der Waals surface area (Å²) in [7, 11) is 0. The zero-order valence-corrected chi connectivity index (χ0v) is 10.2. The van der Waals surface area contributed by atoms with E-state index in [-0.39, 0.29) is 16.9 Å². The van der Waals surface area contributed by atoms with E-state index in [2.05, 4.69) is 10.3 Å². The van der Waals surface area contributed by atoms with Gasteiger partial charge in [-0.25, -0.2) is 0 Å². The first kappa shape index (κ1) is 13.4. The van der Waals surface area contributed by atoms with E-state index in [4.69, 9.17) is 5.73 Å². The Bertz CT molecular complexity index is 437. The average Bonchev–Trinajstić information content (AvgIpc) is 2.26. The minimum atomic E-state index is -0.279. The summed E-state index contributed by atoms with van der Waals surface area (Å²) in [6.07, 6.45) is 2.30. The number of carbonyl (C=O) groups is 1. The molecule has 4 N–H and O–H groups in total. The summed E-state index contributed by atoms with van der Waals surface area (Å²) in [6.45, 7) is 5.21. The second-order valence-corrected chi connectivity index (χ2v) is 4.83. The maximum atomic E-state index is 11.8. The normalized spacial score (nSPS) is 11.2. The van der Waals surface area contributed by atoms with Gasteiger partial charge in [0.2, 0.25) is 5.56 Å². The lowest BCUT2D eigenvalue weighted by Gasteiger charge is -2.24. The van der Waals surface area contributed by atoms with Crippen molar-refractivity contribution in [1.82, 2.24) is 10.3 Å². The summed E-state index contributed by atoms with van der Waals surface area (Å²) in [4.78, 5) is 25.3. The number of carbonyl (C=O) groups excluding carboxylic acids is 1. The number of nitrogens with one attached hydrogen (secondary N) is 2. The third-order valence-corrected chi connectivity index (χ3v) is 2.59. The lowest BCUT2D eigenvalue weighted by molar-refractivity contribution is 0.0935. The molecule has 1 rings (SSSR count). The SMILES string of the molecule is CC(C)(CCN)CNC(=O)c1cc[nH]c(=O)c1. The molecule has 0 radical (unpaired) electrons. The van der Waals surface area contributed by atoms with Gasteiger partial charge in [0.15, 0.2) is 0 Å². The first-order valence-corrected chi connectivity index (χ1v) is 5.62. The molecule has 17 heavy (non-hydrogen) atoms. The largest absolute Gasteiger partial charge is 0.351 e. The molecule has 1 aromatic heterocycles. The quantitative estimate of drug-likeness (QED) is 0.696. The Kier molecular flexibility index (Phi) is 4.45. The summed E-state index contributed by atoms with van der Waals surface area (Å²) in [5, 5.41) is 2.80. The first-order valence-electron chi connectivity index (χ1n) is 5.62. The van der Waals surface area contributed by atoms with Gasteiger partial charge in [0.1, 0.15) is 0 Å². The molecular formula is C12H19N3O2. The van der Waals surface area contributed by atoms with E-state index >= 15 is 0 Å². The van der Waals surface area contributed by atoms with Crippen LogP contribution in [0.3, 0.4) is 0 Å². The van der Waals surface area contributed by atoms with Crippen molar-refractivity contribution in [2.24, 2.45) is 11.1 Å². The van der Waals surface area contributed by atoms with Gasteiger partial charge in [-0.3, -0.25) is 9.59 Å². The van der Waals surface area contributed by atoms with Crippen molar-refractivity contribution in [2.45, 2.75) is 20.3 Å². The second kappa shape index (κ2) is 5.63. The summed E-state index contributed by atoms with van der Waals surface area (Å²) < 4.78 is 0. The molecule has 0 unspecified atom stereocenters. The lowest BCUT2D eigenvalue weighted by Crippen LogP contribution is -2.35. The van der Waals surface area contributed by atoms with Gasteiger partial charge in [-0.1, -0.05) is 13.8 Å². The number of amides is 1.